The van der Waals surface area contributed by atoms with Crippen LogP contribution in [-0.4, -0.2) is 59.4 Å². The summed E-state index contributed by atoms with van der Waals surface area (Å²) < 4.78 is 36.3. The fourth-order valence-electron chi connectivity index (χ4n) is 4.21. The van der Waals surface area contributed by atoms with Crippen LogP contribution in [0.2, 0.25) is 64.4 Å². The van der Waals surface area contributed by atoms with Gasteiger partial charge in [-0.1, -0.05) is 91.6 Å². The molecule has 1 aliphatic rings. The largest absolute Gasteiger partial charge is 0.436 e. The van der Waals surface area contributed by atoms with E-state index in [4.69, 9.17) is 58.2 Å². The summed E-state index contributed by atoms with van der Waals surface area (Å²) in [5, 5.41) is 0.752. The van der Waals surface area contributed by atoms with Crippen LogP contribution in [0.5, 0.6) is 11.6 Å². The Labute approximate surface area is 296 Å². The number of para-hydroxylation sites is 1. The summed E-state index contributed by atoms with van der Waals surface area (Å²) in [4.78, 5) is 4.61. The van der Waals surface area contributed by atoms with Crippen molar-refractivity contribution in [3.05, 3.63) is 45.3 Å². The summed E-state index contributed by atoms with van der Waals surface area (Å²) in [5.41, 5.74) is 0. The molecule has 7 nitrogen and oxygen atoms in total. The van der Waals surface area contributed by atoms with Crippen LogP contribution in [0.1, 0.15) is 68.5 Å². The van der Waals surface area contributed by atoms with Crippen LogP contribution < -0.4 is 4.74 Å². The van der Waals surface area contributed by atoms with E-state index in [1.54, 1.807) is 24.3 Å². The van der Waals surface area contributed by atoms with Gasteiger partial charge in [-0.2, -0.15) is 4.98 Å². The Hall–Kier alpha value is -0.609. The second kappa shape index (κ2) is 14.0. The van der Waals surface area contributed by atoms with Gasteiger partial charge in [0.25, 0.3) is 0 Å². The Morgan fingerprint density at radius 3 is 1.72 bits per heavy atom. The quantitative estimate of drug-likeness (QED) is 0.177. The number of hydrogen-bond donors (Lipinski definition) is 0. The third kappa shape index (κ3) is 8.94. The van der Waals surface area contributed by atoms with E-state index < -0.39 is 37.3 Å². The number of aromatic nitrogens is 2. The van der Waals surface area contributed by atoms with Gasteiger partial charge in [0, 0.05) is 12.3 Å². The minimum Gasteiger partial charge on any atom is -0.436 e. The van der Waals surface area contributed by atoms with Gasteiger partial charge in [-0.25, -0.2) is 0 Å². The summed E-state index contributed by atoms with van der Waals surface area (Å²) in [6, 6.07) is 6.93. The van der Waals surface area contributed by atoms with Crippen LogP contribution >= 0.6 is 35.4 Å². The molecule has 0 amide bonds. The zero-order valence-electron chi connectivity index (χ0n) is 30.5. The number of benzene rings is 1. The SMILES string of the molecule is CC(C)(C)[Si](C)(C)OC[C@H]1O[C@@H](n2ccc(Oc3c(Cl)cccc3Cl)nc2=S)[C@H](O[Si](C)(C)C(C)(C)C)[C@@H]1O[Si](C)(C)C(C)(C)C. The molecule has 0 saturated carbocycles. The highest BCUT2D eigenvalue weighted by atomic mass is 35.5. The minimum absolute atomic E-state index is 0.0195. The third-order valence-electron chi connectivity index (χ3n) is 10.4. The van der Waals surface area contributed by atoms with Crippen molar-refractivity contribution in [2.45, 2.75) is 141 Å². The average Bonchev–Trinajstić information content (AvgIpc) is 3.18. The molecule has 13 heteroatoms. The molecule has 2 aromatic rings. The maximum Gasteiger partial charge on any atom is 0.223 e. The van der Waals surface area contributed by atoms with E-state index in [1.807, 2.05) is 10.8 Å². The number of rotatable bonds is 10. The van der Waals surface area contributed by atoms with E-state index in [0.717, 1.165) is 0 Å². The maximum atomic E-state index is 7.25. The van der Waals surface area contributed by atoms with Crippen LogP contribution in [0.15, 0.2) is 30.5 Å². The van der Waals surface area contributed by atoms with Crippen LogP contribution in [0.4, 0.5) is 0 Å². The van der Waals surface area contributed by atoms with Gasteiger partial charge in [0.2, 0.25) is 10.7 Å². The summed E-state index contributed by atoms with van der Waals surface area (Å²) in [6.45, 7) is 34.2. The molecule has 0 spiro atoms. The van der Waals surface area contributed by atoms with Crippen LogP contribution in [0, 0.1) is 4.77 Å². The van der Waals surface area contributed by atoms with E-state index >= 15 is 0 Å². The smallest absolute Gasteiger partial charge is 0.223 e. The first-order valence-electron chi connectivity index (χ1n) is 16.0. The second-order valence-electron chi connectivity index (χ2n) is 16.9. The minimum atomic E-state index is -2.32. The van der Waals surface area contributed by atoms with Gasteiger partial charge in [-0.05, 0) is 78.7 Å². The Kier molecular flexibility index (Phi) is 12.1. The molecule has 46 heavy (non-hydrogen) atoms. The Morgan fingerprint density at radius 1 is 0.783 bits per heavy atom. The van der Waals surface area contributed by atoms with E-state index in [2.05, 4.69) is 107 Å². The Balaban J connectivity index is 2.12. The molecule has 0 bridgehead atoms. The Morgan fingerprint density at radius 2 is 1.26 bits per heavy atom. The molecule has 0 aliphatic carbocycles. The highest BCUT2D eigenvalue weighted by Gasteiger charge is 2.55. The van der Waals surface area contributed by atoms with Crippen molar-refractivity contribution < 1.29 is 22.8 Å². The fourth-order valence-corrected chi connectivity index (χ4v) is 8.55. The number of ether oxygens (including phenoxy) is 2. The van der Waals surface area contributed by atoms with E-state index in [-0.39, 0.29) is 38.0 Å². The molecule has 2 heterocycles. The first-order chi connectivity index (χ1) is 20.7. The van der Waals surface area contributed by atoms with Gasteiger partial charge in [0.1, 0.15) is 18.3 Å². The lowest BCUT2D eigenvalue weighted by molar-refractivity contribution is -0.0501. The lowest BCUT2D eigenvalue weighted by Gasteiger charge is -2.44. The molecule has 1 saturated heterocycles. The predicted molar refractivity (Wildman–Crippen MR) is 201 cm³/mol. The maximum absolute atomic E-state index is 7.25. The topological polar surface area (TPSA) is 64.0 Å². The fraction of sp³-hybridized carbons (Fsp3) is 0.697. The molecule has 0 unspecified atom stereocenters. The summed E-state index contributed by atoms with van der Waals surface area (Å²) in [5.74, 6) is 0.607. The predicted octanol–water partition coefficient (Wildman–Crippen LogP) is 11.4. The number of nitrogens with zero attached hydrogens (tertiary/aromatic N) is 2. The number of hydrogen-bond acceptors (Lipinski definition) is 7. The lowest BCUT2D eigenvalue weighted by Crippen LogP contribution is -2.54. The molecule has 4 atom stereocenters. The number of halogens is 2. The van der Waals surface area contributed by atoms with Gasteiger partial charge in [-0.3, -0.25) is 4.57 Å². The van der Waals surface area contributed by atoms with Gasteiger partial charge in [0.05, 0.1) is 16.7 Å². The highest BCUT2D eigenvalue weighted by molar-refractivity contribution is 7.71. The van der Waals surface area contributed by atoms with Crippen LogP contribution in [0.3, 0.4) is 0 Å². The molecule has 1 aromatic carbocycles. The molecule has 260 valence electrons. The van der Waals surface area contributed by atoms with Gasteiger partial charge in [-0.15, -0.1) is 0 Å². The van der Waals surface area contributed by atoms with Crippen molar-refractivity contribution >= 4 is 60.4 Å². The van der Waals surface area contributed by atoms with Crippen molar-refractivity contribution in [3.8, 4) is 11.6 Å². The molecule has 1 aliphatic heterocycles. The molecule has 0 radical (unpaired) electrons. The third-order valence-corrected chi connectivity index (χ3v) is 24.7. The van der Waals surface area contributed by atoms with Crippen molar-refractivity contribution in [3.63, 3.8) is 0 Å². The molecule has 1 fully saturated rings. The van der Waals surface area contributed by atoms with E-state index in [9.17, 15) is 0 Å². The van der Waals surface area contributed by atoms with Crippen molar-refractivity contribution in [1.82, 2.24) is 9.55 Å². The summed E-state index contributed by atoms with van der Waals surface area (Å²) >= 11 is 18.6. The molecular weight excluding hydrogens is 692 g/mol. The molecular formula is C33H56Cl2N2O5SSi3. The zero-order chi connectivity index (χ0) is 35.3. The molecule has 0 N–H and O–H groups in total. The van der Waals surface area contributed by atoms with Gasteiger partial charge >= 0.3 is 0 Å². The summed E-state index contributed by atoms with van der Waals surface area (Å²) in [6.07, 6.45) is 0.0613. The monoisotopic (exact) mass is 746 g/mol. The van der Waals surface area contributed by atoms with E-state index in [0.29, 0.717) is 22.4 Å². The first-order valence-corrected chi connectivity index (χ1v) is 25.9. The van der Waals surface area contributed by atoms with E-state index in [1.165, 1.54) is 0 Å². The van der Waals surface area contributed by atoms with Crippen molar-refractivity contribution in [2.75, 3.05) is 6.61 Å². The average molecular weight is 748 g/mol. The van der Waals surface area contributed by atoms with Crippen LogP contribution in [-0.2, 0) is 18.0 Å². The normalized spacial score (nSPS) is 21.9. The molecule has 1 aromatic heterocycles. The van der Waals surface area contributed by atoms with Crippen LogP contribution in [0.25, 0.3) is 0 Å². The van der Waals surface area contributed by atoms with Gasteiger partial charge in [0.15, 0.2) is 36.9 Å². The molecule has 3 rings (SSSR count). The van der Waals surface area contributed by atoms with Crippen molar-refractivity contribution in [2.24, 2.45) is 0 Å². The first kappa shape index (κ1) is 39.8. The lowest BCUT2D eigenvalue weighted by atomic mass is 10.1. The van der Waals surface area contributed by atoms with Crippen molar-refractivity contribution in [1.29, 1.82) is 0 Å². The Bertz CT molecular complexity index is 1410. The highest BCUT2D eigenvalue weighted by Crippen LogP contribution is 2.47. The zero-order valence-corrected chi connectivity index (χ0v) is 35.8. The standard InChI is InChI=1S/C33H56Cl2N2O5SSi3/c1-31(2,3)44(10,11)38-21-24-27(41-45(12,13)32(4,5)6)28(42-46(14,15)33(7,8)9)29(39-24)37-20-19-25(36-30(37)43)40-26-22(34)17-16-18-23(26)35/h16-20,24,27-29H,21H2,1-15H3/t24-,27-,28-,29-/m1/s1. The second-order valence-corrected chi connectivity index (χ2v) is 32.4. The van der Waals surface area contributed by atoms with Gasteiger partial charge < -0.3 is 22.8 Å². The summed E-state index contributed by atoms with van der Waals surface area (Å²) in [7, 11) is -6.69.